The molecule has 1 aliphatic carbocycles. The molecule has 132 valence electrons. The van der Waals surface area contributed by atoms with E-state index in [4.69, 9.17) is 0 Å². The second-order valence-corrected chi connectivity index (χ2v) is 6.15. The third-order valence-corrected chi connectivity index (χ3v) is 4.13. The number of pyridine rings is 1. The van der Waals surface area contributed by atoms with E-state index >= 15 is 0 Å². The number of hydrogen-bond acceptors (Lipinski definition) is 3. The van der Waals surface area contributed by atoms with Crippen LogP contribution in [0.2, 0.25) is 0 Å². The Kier molecular flexibility index (Phi) is 4.74. The number of allylic oxidation sites excluding steroid dienone is 1. The zero-order chi connectivity index (χ0) is 18.0. The third kappa shape index (κ3) is 4.15. The molecule has 0 spiro atoms. The van der Waals surface area contributed by atoms with E-state index in [1.54, 1.807) is 18.4 Å². The van der Waals surface area contributed by atoms with Crippen LogP contribution in [0.25, 0.3) is 11.6 Å². The van der Waals surface area contributed by atoms with Crippen LogP contribution in [0.15, 0.2) is 23.7 Å². The number of aromatic nitrogens is 1. The lowest BCUT2D eigenvalue weighted by Crippen LogP contribution is -2.24. The molecular weight excluding hydrogens is 331 g/mol. The van der Waals surface area contributed by atoms with Crippen LogP contribution in [-0.2, 0) is 11.2 Å². The fourth-order valence-corrected chi connectivity index (χ4v) is 2.56. The number of aliphatic imine (C=N–C) groups is 1. The molecule has 3 rings (SSSR count). The highest BCUT2D eigenvalue weighted by molar-refractivity contribution is 5.81. The molecule has 0 atom stereocenters. The van der Waals surface area contributed by atoms with Crippen molar-refractivity contribution in [2.24, 2.45) is 10.9 Å². The van der Waals surface area contributed by atoms with Crippen LogP contribution in [-0.4, -0.2) is 29.8 Å². The summed E-state index contributed by atoms with van der Waals surface area (Å²) in [6.07, 6.45) is 3.60. The van der Waals surface area contributed by atoms with Gasteiger partial charge in [-0.2, -0.15) is 13.2 Å². The number of halogens is 3. The highest BCUT2D eigenvalue weighted by Gasteiger charge is 2.34. The largest absolute Gasteiger partial charge is 0.417 e. The average Bonchev–Trinajstić information content (AvgIpc) is 3.41. The average molecular weight is 349 g/mol. The van der Waals surface area contributed by atoms with Crippen molar-refractivity contribution in [3.63, 3.8) is 0 Å². The number of nitrogens with zero attached hydrogens (tertiary/aromatic N) is 2. The highest BCUT2D eigenvalue weighted by Crippen LogP contribution is 2.36. The Bertz CT molecular complexity index is 762. The van der Waals surface area contributed by atoms with Crippen molar-refractivity contribution in [2.75, 3.05) is 6.54 Å². The monoisotopic (exact) mass is 349 g/mol. The number of carbonyl (C=O) groups excluding carboxylic acids is 1. The SMILES string of the molecule is C=C(c1cc2c(c(/C=C/CNC(=O)C3CC3)n1)N=CCC2)C(F)(F)F. The van der Waals surface area contributed by atoms with E-state index in [1.165, 1.54) is 6.07 Å². The summed E-state index contributed by atoms with van der Waals surface area (Å²) < 4.78 is 38.8. The number of nitrogens with one attached hydrogen (secondary N) is 1. The molecule has 0 saturated heterocycles. The van der Waals surface area contributed by atoms with Crippen molar-refractivity contribution in [3.05, 3.63) is 35.7 Å². The smallest absolute Gasteiger partial charge is 0.352 e. The van der Waals surface area contributed by atoms with Gasteiger partial charge in [-0.15, -0.1) is 0 Å². The van der Waals surface area contributed by atoms with Gasteiger partial charge >= 0.3 is 6.18 Å². The molecule has 4 nitrogen and oxygen atoms in total. The molecule has 0 radical (unpaired) electrons. The van der Waals surface area contributed by atoms with Crippen LogP contribution in [0.3, 0.4) is 0 Å². The molecule has 2 heterocycles. The van der Waals surface area contributed by atoms with Crippen LogP contribution in [0.1, 0.15) is 36.2 Å². The highest BCUT2D eigenvalue weighted by atomic mass is 19.4. The predicted molar refractivity (Wildman–Crippen MR) is 90.6 cm³/mol. The maximum absolute atomic E-state index is 12.9. The van der Waals surface area contributed by atoms with Crippen LogP contribution < -0.4 is 5.32 Å². The Balaban J connectivity index is 1.82. The van der Waals surface area contributed by atoms with Crippen LogP contribution >= 0.6 is 0 Å². The molecular formula is C18H18F3N3O. The standard InChI is InChI=1S/C18H18F3N3O/c1-11(18(19,20)21)15-10-13-4-2-8-22-16(13)14(24-15)5-3-9-23-17(25)12-6-7-12/h3,5,8,10,12H,1-2,4,6-7,9H2,(H,23,25)/b5-3+. The molecule has 1 amide bonds. The predicted octanol–water partition coefficient (Wildman–Crippen LogP) is 3.85. The summed E-state index contributed by atoms with van der Waals surface area (Å²) in [4.78, 5) is 19.9. The van der Waals surface area contributed by atoms with E-state index in [-0.39, 0.29) is 17.5 Å². The first kappa shape index (κ1) is 17.4. The molecule has 0 bridgehead atoms. The molecule has 1 saturated carbocycles. The van der Waals surface area contributed by atoms with Crippen molar-refractivity contribution >= 4 is 29.5 Å². The van der Waals surface area contributed by atoms with Crippen molar-refractivity contribution in [1.82, 2.24) is 10.3 Å². The van der Waals surface area contributed by atoms with E-state index < -0.39 is 11.7 Å². The maximum Gasteiger partial charge on any atom is 0.417 e. The van der Waals surface area contributed by atoms with Gasteiger partial charge in [-0.1, -0.05) is 12.7 Å². The minimum atomic E-state index is -4.53. The van der Waals surface area contributed by atoms with E-state index in [1.807, 2.05) is 0 Å². The summed E-state index contributed by atoms with van der Waals surface area (Å²) in [5, 5.41) is 2.77. The summed E-state index contributed by atoms with van der Waals surface area (Å²) in [5.41, 5.74) is 0.496. The Morgan fingerprint density at radius 2 is 2.16 bits per heavy atom. The van der Waals surface area contributed by atoms with Gasteiger partial charge in [0, 0.05) is 18.7 Å². The minimum absolute atomic E-state index is 0.0110. The van der Waals surface area contributed by atoms with Gasteiger partial charge in [0.25, 0.3) is 0 Å². The van der Waals surface area contributed by atoms with Crippen LogP contribution in [0.5, 0.6) is 0 Å². The Hall–Kier alpha value is -2.44. The number of alkyl halides is 3. The van der Waals surface area contributed by atoms with Gasteiger partial charge in [-0.3, -0.25) is 9.79 Å². The van der Waals surface area contributed by atoms with Crippen molar-refractivity contribution in [2.45, 2.75) is 31.9 Å². The molecule has 7 heteroatoms. The summed E-state index contributed by atoms with van der Waals surface area (Å²) in [7, 11) is 0. The van der Waals surface area contributed by atoms with Gasteiger partial charge < -0.3 is 5.32 Å². The lowest BCUT2D eigenvalue weighted by Gasteiger charge is -2.16. The van der Waals surface area contributed by atoms with E-state index in [2.05, 4.69) is 21.9 Å². The number of amides is 1. The topological polar surface area (TPSA) is 54.4 Å². The first-order valence-corrected chi connectivity index (χ1v) is 8.13. The van der Waals surface area contributed by atoms with E-state index in [0.29, 0.717) is 30.8 Å². The van der Waals surface area contributed by atoms with Gasteiger partial charge in [0.15, 0.2) is 0 Å². The summed E-state index contributed by atoms with van der Waals surface area (Å²) in [6.45, 7) is 3.43. The zero-order valence-electron chi connectivity index (χ0n) is 13.6. The van der Waals surface area contributed by atoms with Crippen molar-refractivity contribution < 1.29 is 18.0 Å². The lowest BCUT2D eigenvalue weighted by atomic mass is 10.0. The summed E-state index contributed by atoms with van der Waals surface area (Å²) >= 11 is 0. The van der Waals surface area contributed by atoms with Gasteiger partial charge in [-0.05, 0) is 43.4 Å². The molecule has 0 aromatic carbocycles. The Labute approximate surface area is 143 Å². The lowest BCUT2D eigenvalue weighted by molar-refractivity contribution is -0.122. The van der Waals surface area contributed by atoms with Gasteiger partial charge in [0.2, 0.25) is 5.91 Å². The second kappa shape index (κ2) is 6.82. The second-order valence-electron chi connectivity index (χ2n) is 6.15. The third-order valence-electron chi connectivity index (χ3n) is 4.13. The Morgan fingerprint density at radius 3 is 2.84 bits per heavy atom. The number of carbonyl (C=O) groups is 1. The zero-order valence-corrected chi connectivity index (χ0v) is 13.6. The first-order valence-electron chi connectivity index (χ1n) is 8.13. The number of rotatable bonds is 5. The molecule has 1 aliphatic heterocycles. The minimum Gasteiger partial charge on any atom is -0.352 e. The van der Waals surface area contributed by atoms with Crippen LogP contribution in [0.4, 0.5) is 18.9 Å². The normalized spacial score (nSPS) is 16.8. The fraction of sp³-hybridized carbons (Fsp3) is 0.389. The molecule has 1 N–H and O–H groups in total. The van der Waals surface area contributed by atoms with E-state index in [9.17, 15) is 18.0 Å². The van der Waals surface area contributed by atoms with Gasteiger partial charge in [0.1, 0.15) is 0 Å². The molecule has 1 aromatic heterocycles. The number of fused-ring (bicyclic) bond motifs is 1. The molecule has 1 aromatic rings. The van der Waals surface area contributed by atoms with Crippen molar-refractivity contribution in [3.8, 4) is 0 Å². The molecule has 1 fully saturated rings. The molecule has 0 unspecified atom stereocenters. The van der Waals surface area contributed by atoms with Gasteiger partial charge in [-0.25, -0.2) is 4.98 Å². The van der Waals surface area contributed by atoms with Crippen LogP contribution in [0, 0.1) is 5.92 Å². The van der Waals surface area contributed by atoms with E-state index in [0.717, 1.165) is 18.4 Å². The maximum atomic E-state index is 12.9. The first-order chi connectivity index (χ1) is 11.9. The summed E-state index contributed by atoms with van der Waals surface area (Å²) in [6, 6.07) is 1.41. The quantitative estimate of drug-likeness (QED) is 0.878. The molecule has 2 aliphatic rings. The Morgan fingerprint density at radius 1 is 1.40 bits per heavy atom. The summed E-state index contributed by atoms with van der Waals surface area (Å²) in [5.74, 6) is 0.124. The van der Waals surface area contributed by atoms with Gasteiger partial charge in [0.05, 0.1) is 22.6 Å². The number of hydrogen-bond donors (Lipinski definition) is 1. The van der Waals surface area contributed by atoms with Crippen molar-refractivity contribution in [1.29, 1.82) is 0 Å². The fourth-order valence-electron chi connectivity index (χ4n) is 2.56. The molecule has 25 heavy (non-hydrogen) atoms. The number of aryl methyl sites for hydroxylation is 1.